The van der Waals surface area contributed by atoms with Gasteiger partial charge < -0.3 is 14.5 Å². The molecule has 4 rings (SSSR count). The minimum absolute atomic E-state index is 0.0380. The molecule has 0 aliphatic rings. The second-order valence-electron chi connectivity index (χ2n) is 7.16. The van der Waals surface area contributed by atoms with E-state index in [-0.39, 0.29) is 22.8 Å². The Morgan fingerprint density at radius 2 is 2.00 bits per heavy atom. The summed E-state index contributed by atoms with van der Waals surface area (Å²) in [7, 11) is 1.43. The number of nitro benzene ring substituents is 1. The van der Waals surface area contributed by atoms with Gasteiger partial charge in [0.1, 0.15) is 17.3 Å². The molecule has 0 spiro atoms. The zero-order chi connectivity index (χ0) is 24.1. The number of aryl methyl sites for hydroxylation is 1. The SMILES string of the molecule is CCc1nc(SCc2ccc(NC(=O)c3ccc(-c4ccc(OC)cc4[N+](=O)[O-])o3)cc2)n[nH]1. The van der Waals surface area contributed by atoms with Gasteiger partial charge >= 0.3 is 0 Å². The number of rotatable bonds is 9. The van der Waals surface area contributed by atoms with E-state index in [1.54, 1.807) is 18.2 Å². The first-order chi connectivity index (χ1) is 16.5. The predicted molar refractivity (Wildman–Crippen MR) is 127 cm³/mol. The molecule has 0 unspecified atom stereocenters. The van der Waals surface area contributed by atoms with E-state index in [1.807, 2.05) is 19.1 Å². The van der Waals surface area contributed by atoms with Gasteiger partial charge in [-0.25, -0.2) is 4.98 Å². The van der Waals surface area contributed by atoms with Crippen LogP contribution in [0.25, 0.3) is 11.3 Å². The Balaban J connectivity index is 1.40. The van der Waals surface area contributed by atoms with Gasteiger partial charge in [-0.05, 0) is 42.0 Å². The molecule has 34 heavy (non-hydrogen) atoms. The molecule has 0 saturated heterocycles. The Morgan fingerprint density at radius 1 is 1.21 bits per heavy atom. The van der Waals surface area contributed by atoms with Crippen LogP contribution in [-0.2, 0) is 12.2 Å². The van der Waals surface area contributed by atoms with Crippen LogP contribution in [-0.4, -0.2) is 33.1 Å². The summed E-state index contributed by atoms with van der Waals surface area (Å²) in [6, 6.07) is 14.8. The largest absolute Gasteiger partial charge is 0.497 e. The Hall–Kier alpha value is -4.12. The number of amides is 1. The van der Waals surface area contributed by atoms with Crippen molar-refractivity contribution in [1.82, 2.24) is 15.2 Å². The number of aromatic amines is 1. The van der Waals surface area contributed by atoms with Gasteiger partial charge in [-0.2, -0.15) is 0 Å². The minimum Gasteiger partial charge on any atom is -0.497 e. The van der Waals surface area contributed by atoms with Gasteiger partial charge in [0.05, 0.1) is 23.7 Å². The number of thioether (sulfide) groups is 1. The first-order valence-electron chi connectivity index (χ1n) is 10.3. The first-order valence-corrected chi connectivity index (χ1v) is 11.3. The standard InChI is InChI=1S/C23H21N5O5S/c1-3-21-25-23(27-26-21)34-13-14-4-6-15(7-5-14)24-22(29)20-11-10-19(33-20)17-9-8-16(32-2)12-18(17)28(30)31/h4-12H,3,13H2,1-2H3,(H,24,29)(H,25,26,27). The van der Waals surface area contributed by atoms with Crippen molar-refractivity contribution in [2.24, 2.45) is 0 Å². The van der Waals surface area contributed by atoms with Crippen LogP contribution in [0.5, 0.6) is 5.75 Å². The maximum absolute atomic E-state index is 12.6. The van der Waals surface area contributed by atoms with E-state index in [0.29, 0.717) is 22.3 Å². The molecule has 0 aliphatic heterocycles. The van der Waals surface area contributed by atoms with Crippen LogP contribution in [0.4, 0.5) is 11.4 Å². The van der Waals surface area contributed by atoms with E-state index >= 15 is 0 Å². The van der Waals surface area contributed by atoms with Crippen LogP contribution < -0.4 is 10.1 Å². The zero-order valence-corrected chi connectivity index (χ0v) is 19.2. The van der Waals surface area contributed by atoms with E-state index < -0.39 is 10.8 Å². The number of nitrogens with one attached hydrogen (secondary N) is 2. The lowest BCUT2D eigenvalue weighted by Gasteiger charge is -2.05. The molecule has 10 nitrogen and oxygen atoms in total. The molecule has 0 fully saturated rings. The molecule has 2 aromatic heterocycles. The topological polar surface area (TPSA) is 136 Å². The highest BCUT2D eigenvalue weighted by Gasteiger charge is 2.21. The van der Waals surface area contributed by atoms with Crippen molar-refractivity contribution in [2.75, 3.05) is 12.4 Å². The molecular weight excluding hydrogens is 458 g/mol. The number of carbonyl (C=O) groups is 1. The fourth-order valence-electron chi connectivity index (χ4n) is 3.13. The Bertz CT molecular complexity index is 1320. The van der Waals surface area contributed by atoms with Crippen molar-refractivity contribution in [3.05, 3.63) is 81.9 Å². The van der Waals surface area contributed by atoms with Gasteiger partial charge in [-0.15, -0.1) is 5.10 Å². The van der Waals surface area contributed by atoms with Crippen LogP contribution in [0.1, 0.15) is 28.9 Å². The average molecular weight is 480 g/mol. The van der Waals surface area contributed by atoms with Crippen molar-refractivity contribution in [3.8, 4) is 17.1 Å². The van der Waals surface area contributed by atoms with Crippen molar-refractivity contribution < 1.29 is 18.9 Å². The van der Waals surface area contributed by atoms with Gasteiger partial charge in [0.2, 0.25) is 5.16 Å². The molecule has 0 aliphatic carbocycles. The fourth-order valence-corrected chi connectivity index (χ4v) is 3.90. The van der Waals surface area contributed by atoms with E-state index in [9.17, 15) is 14.9 Å². The lowest BCUT2D eigenvalue weighted by molar-refractivity contribution is -0.384. The molecule has 2 heterocycles. The van der Waals surface area contributed by atoms with Crippen molar-refractivity contribution >= 4 is 29.0 Å². The third-order valence-electron chi connectivity index (χ3n) is 4.92. The number of furan rings is 1. The predicted octanol–water partition coefficient (Wildman–Crippen LogP) is 5.09. The van der Waals surface area contributed by atoms with E-state index in [2.05, 4.69) is 20.5 Å². The quantitative estimate of drug-likeness (QED) is 0.192. The molecule has 0 bridgehead atoms. The van der Waals surface area contributed by atoms with Gasteiger partial charge in [0.25, 0.3) is 11.6 Å². The highest BCUT2D eigenvalue weighted by atomic mass is 32.2. The summed E-state index contributed by atoms with van der Waals surface area (Å²) >= 11 is 1.52. The molecule has 174 valence electrons. The summed E-state index contributed by atoms with van der Waals surface area (Å²) in [5.41, 5.74) is 1.73. The lowest BCUT2D eigenvalue weighted by atomic mass is 10.1. The second kappa shape index (κ2) is 10.2. The van der Waals surface area contributed by atoms with E-state index in [1.165, 1.54) is 43.1 Å². The number of anilines is 1. The van der Waals surface area contributed by atoms with E-state index in [0.717, 1.165) is 17.8 Å². The molecule has 2 aromatic carbocycles. The summed E-state index contributed by atoms with van der Waals surface area (Å²) in [5, 5.41) is 21.9. The molecular formula is C23H21N5O5S. The zero-order valence-electron chi connectivity index (χ0n) is 18.4. The number of carbonyl (C=O) groups excluding carboxylic acids is 1. The van der Waals surface area contributed by atoms with Crippen molar-refractivity contribution in [3.63, 3.8) is 0 Å². The highest BCUT2D eigenvalue weighted by Crippen LogP contribution is 2.34. The summed E-state index contributed by atoms with van der Waals surface area (Å²) in [4.78, 5) is 27.9. The maximum Gasteiger partial charge on any atom is 0.291 e. The molecule has 0 atom stereocenters. The number of hydrogen-bond donors (Lipinski definition) is 2. The van der Waals surface area contributed by atoms with Crippen LogP contribution in [0, 0.1) is 10.1 Å². The van der Waals surface area contributed by atoms with Crippen molar-refractivity contribution in [2.45, 2.75) is 24.3 Å². The number of methoxy groups -OCH3 is 1. The summed E-state index contributed by atoms with van der Waals surface area (Å²) in [6.07, 6.45) is 0.802. The lowest BCUT2D eigenvalue weighted by Crippen LogP contribution is -2.10. The molecule has 1 amide bonds. The molecule has 4 aromatic rings. The summed E-state index contributed by atoms with van der Waals surface area (Å²) in [5.74, 6) is 1.69. The number of benzene rings is 2. The molecule has 11 heteroatoms. The third kappa shape index (κ3) is 5.26. The Morgan fingerprint density at radius 3 is 2.68 bits per heavy atom. The van der Waals surface area contributed by atoms with Crippen LogP contribution >= 0.6 is 11.8 Å². The summed E-state index contributed by atoms with van der Waals surface area (Å²) < 4.78 is 10.7. The van der Waals surface area contributed by atoms with Crippen LogP contribution in [0.15, 0.2) is 64.2 Å². The van der Waals surface area contributed by atoms with Gasteiger partial charge in [0, 0.05) is 17.9 Å². The number of nitrogens with zero attached hydrogens (tertiary/aromatic N) is 3. The Kier molecular flexibility index (Phi) is 6.93. The smallest absolute Gasteiger partial charge is 0.291 e. The Labute approximate surface area is 198 Å². The normalized spacial score (nSPS) is 10.8. The van der Waals surface area contributed by atoms with Gasteiger partial charge in [0.15, 0.2) is 5.76 Å². The van der Waals surface area contributed by atoms with E-state index in [4.69, 9.17) is 9.15 Å². The molecule has 0 saturated carbocycles. The maximum atomic E-state index is 12.6. The number of ether oxygens (including phenoxy) is 1. The first kappa shape index (κ1) is 23.1. The third-order valence-corrected chi connectivity index (χ3v) is 5.84. The monoisotopic (exact) mass is 479 g/mol. The molecule has 0 radical (unpaired) electrons. The number of aromatic nitrogens is 3. The second-order valence-corrected chi connectivity index (χ2v) is 8.10. The van der Waals surface area contributed by atoms with Gasteiger partial charge in [-0.3, -0.25) is 20.0 Å². The number of H-pyrrole nitrogens is 1. The van der Waals surface area contributed by atoms with Crippen molar-refractivity contribution in [1.29, 1.82) is 0 Å². The van der Waals surface area contributed by atoms with Crippen LogP contribution in [0.3, 0.4) is 0 Å². The highest BCUT2D eigenvalue weighted by molar-refractivity contribution is 7.98. The minimum atomic E-state index is -0.523. The average Bonchev–Trinajstić information content (AvgIpc) is 3.53. The number of nitro groups is 1. The number of hydrogen-bond acceptors (Lipinski definition) is 8. The van der Waals surface area contributed by atoms with Gasteiger partial charge in [-0.1, -0.05) is 30.8 Å². The fraction of sp³-hybridized carbons (Fsp3) is 0.174. The molecule has 2 N–H and O–H groups in total. The summed E-state index contributed by atoms with van der Waals surface area (Å²) in [6.45, 7) is 2.01. The van der Waals surface area contributed by atoms with Crippen LogP contribution in [0.2, 0.25) is 0 Å².